The van der Waals surface area contributed by atoms with Crippen LogP contribution in [0.5, 0.6) is 0 Å². The van der Waals surface area contributed by atoms with E-state index in [0.717, 1.165) is 78.0 Å². The maximum absolute atomic E-state index is 14.1. The molecule has 0 aromatic heterocycles. The summed E-state index contributed by atoms with van der Waals surface area (Å²) in [6, 6.07) is 27.0. The molecule has 0 bridgehead atoms. The number of hydrogen-bond donors (Lipinski definition) is 3. The van der Waals surface area contributed by atoms with Crippen molar-refractivity contribution in [2.45, 2.75) is 96.7 Å². The number of nitrogens with one attached hydrogen (secondary N) is 3. The number of amides is 3. The molecule has 18 rings (SSSR count). The summed E-state index contributed by atoms with van der Waals surface area (Å²) in [5.74, 6) is -5.57. The molecule has 3 amide bonds. The number of ether oxygens (including phenoxy) is 3. The normalized spacial score (nSPS) is 24.6. The van der Waals surface area contributed by atoms with Crippen molar-refractivity contribution in [2.75, 3.05) is 153 Å². The molecule has 0 spiro atoms. The van der Waals surface area contributed by atoms with Crippen LogP contribution >= 0.6 is 0 Å². The van der Waals surface area contributed by atoms with Gasteiger partial charge in [-0.05, 0) is 292 Å². The molecule has 642 valence electrons. The SMILES string of the molecule is [2H]c1cc(C(=O)NC2=NCc3ccc(Cc4cc(F)cc(F)c4)cc32)c(CC2CCOCC2)c([2H])c1N1C([2H])([2H])C([2H])([2H])N(C([2H])([2H])[2H])C([2H])([2H])C1([2H])[2H].[2H]c1cc(C(=O)NC2=NCc3ccc(Cc4cc(F)cc(F)c4)cc32)c(CC2CCOCC2)c([2H])c1N1C([2H])([2H])C([2H])([2H])N(C)C([2H])([2H])C1([2H])[2H].[2H]c1cc(C(=O)NC2=NCc3ccc(Cc4cc(F)cc(F)c4)cc32)c(CC2CCOCC2)c([2H])c1N1CCN(C([2H])([2H])[2H])CC1. The monoisotopic (exact) mass is 1700 g/mol. The number of likely N-dealkylation sites (N-methyl/N-ethyl adjacent to an activating group) is 3. The smallest absolute Gasteiger partial charge is 0.257 e. The molecule has 9 aliphatic heterocycles. The number of aliphatic imine (C=N–C) groups is 3. The van der Waals surface area contributed by atoms with E-state index >= 15 is 0 Å². The molecule has 3 N–H and O–H groups in total. The van der Waals surface area contributed by atoms with Crippen LogP contribution in [0.4, 0.5) is 43.4 Å². The zero-order chi connectivity index (χ0) is 110. The van der Waals surface area contributed by atoms with Crippen LogP contribution < -0.4 is 30.7 Å². The summed E-state index contributed by atoms with van der Waals surface area (Å²) in [4.78, 5) is 58.9. The van der Waals surface area contributed by atoms with Gasteiger partial charge in [-0.1, -0.05) is 36.4 Å². The lowest BCUT2D eigenvalue weighted by molar-refractivity contribution is 0.0663. The fraction of sp³-hybridized carbons (Fsp3) is 0.394. The van der Waals surface area contributed by atoms with Crippen molar-refractivity contribution < 1.29 is 93.3 Å². The minimum Gasteiger partial charge on any atom is -0.381 e. The number of hydrogen-bond acceptors (Lipinski definition) is 15. The molecule has 6 saturated heterocycles. The van der Waals surface area contributed by atoms with E-state index in [1.807, 2.05) is 23.1 Å². The molecule has 0 saturated carbocycles. The zero-order valence-electron chi connectivity index (χ0n) is 95.3. The van der Waals surface area contributed by atoms with Gasteiger partial charge in [0.05, 0.1) is 38.8 Å². The molecule has 9 aromatic carbocycles. The topological polar surface area (TPSA) is 172 Å². The van der Waals surface area contributed by atoms with Crippen molar-refractivity contribution in [1.82, 2.24) is 30.7 Å². The van der Waals surface area contributed by atoms with E-state index in [1.165, 1.54) is 47.4 Å². The molecule has 0 radical (unpaired) electrons. The maximum atomic E-state index is 14.1. The summed E-state index contributed by atoms with van der Waals surface area (Å²) in [5.41, 5.74) is 6.98. The van der Waals surface area contributed by atoms with Gasteiger partial charge in [0.1, 0.15) is 52.4 Å². The number of nitrogens with zero attached hydrogens (tertiary/aromatic N) is 9. The first-order valence-electron chi connectivity index (χ1n) is 54.8. The minimum atomic E-state index is -3.74. The van der Waals surface area contributed by atoms with Crippen molar-refractivity contribution >= 4 is 52.3 Å². The summed E-state index contributed by atoms with van der Waals surface area (Å²) in [6.45, 7) is -28.6. The Morgan fingerprint density at radius 3 is 0.992 bits per heavy atom. The molecule has 9 aromatic rings. The Morgan fingerprint density at radius 2 is 0.683 bits per heavy atom. The van der Waals surface area contributed by atoms with Crippen LogP contribution in [0.25, 0.3) is 0 Å². The van der Waals surface area contributed by atoms with Crippen LogP contribution in [-0.2, 0) is 72.4 Å². The molecular weight excluding hydrogens is 1570 g/mol. The average Bonchev–Trinajstić information content (AvgIpc) is 0.818. The van der Waals surface area contributed by atoms with Crippen molar-refractivity contribution in [3.05, 3.63) is 299 Å². The van der Waals surface area contributed by atoms with Crippen LogP contribution in [0.1, 0.15) is 191 Å². The second-order valence-corrected chi connectivity index (χ2v) is 31.4. The molecule has 0 unspecified atom stereocenters. The van der Waals surface area contributed by atoms with Gasteiger partial charge < -0.3 is 59.6 Å². The number of halogens is 6. The van der Waals surface area contributed by atoms with Crippen LogP contribution in [0.3, 0.4) is 0 Å². The van der Waals surface area contributed by atoms with Gasteiger partial charge in [0.2, 0.25) is 0 Å². The lowest BCUT2D eigenvalue weighted by Crippen LogP contribution is -2.44. The predicted octanol–water partition coefficient (Wildman–Crippen LogP) is 14.9. The largest absolute Gasteiger partial charge is 0.381 e. The first kappa shape index (κ1) is 57.6. The Bertz CT molecular complexity index is 6760. The highest BCUT2D eigenvalue weighted by atomic mass is 19.2. The van der Waals surface area contributed by atoms with Gasteiger partial charge in [0.25, 0.3) is 17.7 Å². The third-order valence-electron chi connectivity index (χ3n) is 22.5. The molecular formula is C99H108F6N12O6. The van der Waals surface area contributed by atoms with Crippen molar-refractivity contribution in [1.29, 1.82) is 0 Å². The second-order valence-electron chi connectivity index (χ2n) is 31.4. The number of piperazine rings is 3. The molecule has 9 aliphatic rings. The molecule has 6 fully saturated rings. The second kappa shape index (κ2) is 39.8. The Hall–Kier alpha value is -10.9. The van der Waals surface area contributed by atoms with Gasteiger partial charge in [-0.25, -0.2) is 26.3 Å². The van der Waals surface area contributed by atoms with Gasteiger partial charge in [-0.15, -0.1) is 0 Å². The lowest BCUT2D eigenvalue weighted by atomic mass is 9.89. The van der Waals surface area contributed by atoms with E-state index in [1.54, 1.807) is 36.4 Å². The Balaban J connectivity index is 0.000000162. The molecule has 9 heterocycles. The van der Waals surface area contributed by atoms with Crippen molar-refractivity contribution in [2.24, 2.45) is 32.7 Å². The van der Waals surface area contributed by atoms with Gasteiger partial charge >= 0.3 is 0 Å². The van der Waals surface area contributed by atoms with E-state index in [4.69, 9.17) is 48.5 Å². The zero-order valence-corrected chi connectivity index (χ0v) is 67.3. The highest BCUT2D eigenvalue weighted by Gasteiger charge is 2.31. The number of amidine groups is 3. The third-order valence-corrected chi connectivity index (χ3v) is 22.5. The quantitative estimate of drug-likeness (QED) is 0.0696. The summed E-state index contributed by atoms with van der Waals surface area (Å²) in [5, 5.41) is 8.42. The predicted molar refractivity (Wildman–Crippen MR) is 470 cm³/mol. The Labute approximate surface area is 755 Å². The van der Waals surface area contributed by atoms with Crippen molar-refractivity contribution in [3.63, 3.8) is 0 Å². The van der Waals surface area contributed by atoms with Crippen LogP contribution in [-0.4, -0.2) is 189 Å². The Kier molecular flexibility index (Phi) is 18.6. The molecule has 0 aliphatic carbocycles. The van der Waals surface area contributed by atoms with Gasteiger partial charge in [-0.2, -0.15) is 0 Å². The average molecular weight is 1700 g/mol. The molecule has 24 heteroatoms. The third kappa shape index (κ3) is 22.2. The summed E-state index contributed by atoms with van der Waals surface area (Å²) < 4.78 is 338. The number of fused-ring (bicyclic) bond motifs is 3. The van der Waals surface area contributed by atoms with E-state index < -0.39 is 159 Å². The van der Waals surface area contributed by atoms with Crippen molar-refractivity contribution in [3.8, 4) is 0 Å². The summed E-state index contributed by atoms with van der Waals surface area (Å²) in [6.07, 6.45) is 4.97. The minimum absolute atomic E-state index is 0.00332. The lowest BCUT2D eigenvalue weighted by Gasteiger charge is -2.34. The van der Waals surface area contributed by atoms with Crippen LogP contribution in [0, 0.1) is 52.7 Å². The summed E-state index contributed by atoms with van der Waals surface area (Å²) >= 11 is 0. The number of carbonyl (C=O) groups excluding carboxylic acids is 3. The van der Waals surface area contributed by atoms with Gasteiger partial charge in [0, 0.05) is 206 Å². The highest BCUT2D eigenvalue weighted by molar-refractivity contribution is 6.16. The first-order valence-corrected chi connectivity index (χ1v) is 40.8. The molecule has 18 nitrogen and oxygen atoms in total. The van der Waals surface area contributed by atoms with E-state index in [0.29, 0.717) is 159 Å². The van der Waals surface area contributed by atoms with Crippen LogP contribution in [0.15, 0.2) is 179 Å². The Morgan fingerprint density at radius 1 is 0.382 bits per heavy atom. The number of benzene rings is 9. The first-order chi connectivity index (χ1) is 70.7. The number of carbonyl (C=O) groups is 3. The number of rotatable bonds is 18. The fourth-order valence-corrected chi connectivity index (χ4v) is 16.1. The fourth-order valence-electron chi connectivity index (χ4n) is 16.1. The highest BCUT2D eigenvalue weighted by Crippen LogP contribution is 2.34. The summed E-state index contributed by atoms with van der Waals surface area (Å²) in [7, 11) is 0.925. The van der Waals surface area contributed by atoms with Gasteiger partial charge in [-0.3, -0.25) is 29.4 Å². The van der Waals surface area contributed by atoms with E-state index in [2.05, 4.69) is 30.9 Å². The standard InChI is InChI=1S/3C33H36F2N4O2/c3*1-38-8-10-39(11-9-38)29-4-5-30(26(19-29)15-22-6-12-41-13-7-22)33(40)37-32-31-18-23(2-3-25(31)21-36-32)14-24-16-27(34)20-28(35)17-24/h3*2-5,16-20,22H,6-15,21H2,1H3,(H,36,37,40)/i1D3,4D,8D2,9D2,10D2,11D2,19D;4D,8D2,9D2,10D2,11D2,19D;1D3,4D,19D. The van der Waals surface area contributed by atoms with E-state index in [9.17, 15) is 44.8 Å². The van der Waals surface area contributed by atoms with Crippen LogP contribution in [0.2, 0.25) is 0 Å². The number of anilines is 3. The van der Waals surface area contributed by atoms with E-state index in [-0.39, 0.29) is 131 Å². The molecule has 0 atom stereocenters. The maximum Gasteiger partial charge on any atom is 0.257 e. The van der Waals surface area contributed by atoms with Gasteiger partial charge in [0.15, 0.2) is 0 Å². The molecule has 123 heavy (non-hydrogen) atoms.